The summed E-state index contributed by atoms with van der Waals surface area (Å²) in [5.74, 6) is -0.833. The summed E-state index contributed by atoms with van der Waals surface area (Å²) in [6.45, 7) is 1.08. The molecule has 0 aromatic rings. The topological polar surface area (TPSA) is 100 Å². The number of carboxylic acid groups (broad SMARTS) is 1. The van der Waals surface area contributed by atoms with E-state index in [9.17, 15) is 0 Å². The van der Waals surface area contributed by atoms with Crippen LogP contribution in [-0.2, 0) is 26.5 Å². The largest absolute Gasteiger partial charge is 0.481 e. The zero-order valence-electron chi connectivity index (χ0n) is 3.86. The van der Waals surface area contributed by atoms with Crippen LogP contribution >= 0.6 is 0 Å². The summed E-state index contributed by atoms with van der Waals surface area (Å²) in [5, 5.41) is 7.42. The number of hydrogen-bond donors (Lipinski definition) is 1. The van der Waals surface area contributed by atoms with Crippen molar-refractivity contribution < 1.29 is 42.6 Å². The molecule has 5 heteroatoms. The number of carbonyl (C=O) groups is 1. The van der Waals surface area contributed by atoms with Gasteiger partial charge in [-0.3, -0.25) is 4.79 Å². The first kappa shape index (κ1) is 27.5. The van der Waals surface area contributed by atoms with Crippen molar-refractivity contribution in [2.24, 2.45) is 0 Å². The maximum Gasteiger partial charge on any atom is 0.300 e. The van der Waals surface area contributed by atoms with Crippen LogP contribution in [0.4, 0.5) is 0 Å². The molecular weight excluding hydrogens is 136 g/mol. The van der Waals surface area contributed by atoms with E-state index < -0.39 is 5.97 Å². The van der Waals surface area contributed by atoms with Gasteiger partial charge in [-0.2, -0.15) is 0 Å². The Balaban J connectivity index is -0.0000000150. The van der Waals surface area contributed by atoms with Gasteiger partial charge in [0.15, 0.2) is 0 Å². The van der Waals surface area contributed by atoms with Crippen LogP contribution in [-0.4, -0.2) is 22.0 Å². The standard InChI is InChI=1S/C2H4O2.2H2O.Ti/c1-2(3)4;;;/h1H3,(H,3,4);2*1H2;. The average Bonchev–Trinajstić information content (AvgIpc) is 0.811. The van der Waals surface area contributed by atoms with E-state index in [0.717, 1.165) is 6.92 Å². The second-order valence-corrected chi connectivity index (χ2v) is 0.519. The molecule has 0 heterocycles. The summed E-state index contributed by atoms with van der Waals surface area (Å²) >= 11 is 0. The first-order valence-corrected chi connectivity index (χ1v) is 0.928. The quantitative estimate of drug-likeness (QED) is 0.415. The number of hydrogen-bond acceptors (Lipinski definition) is 1. The van der Waals surface area contributed by atoms with Crippen molar-refractivity contribution >= 4 is 5.97 Å². The van der Waals surface area contributed by atoms with E-state index >= 15 is 0 Å². The maximum atomic E-state index is 9.00. The molecule has 0 radical (unpaired) electrons. The molecule has 0 unspecified atom stereocenters. The average molecular weight is 144 g/mol. The van der Waals surface area contributed by atoms with Crippen LogP contribution in [0.1, 0.15) is 6.92 Å². The van der Waals surface area contributed by atoms with E-state index in [1.165, 1.54) is 0 Å². The van der Waals surface area contributed by atoms with Crippen molar-refractivity contribution in [3.05, 3.63) is 0 Å². The molecule has 44 valence electrons. The minimum Gasteiger partial charge on any atom is -0.481 e. The molecule has 0 atom stereocenters. The minimum absolute atomic E-state index is 0. The number of rotatable bonds is 0. The summed E-state index contributed by atoms with van der Waals surface area (Å²) < 4.78 is 0. The summed E-state index contributed by atoms with van der Waals surface area (Å²) in [6, 6.07) is 0. The van der Waals surface area contributed by atoms with Gasteiger partial charge in [0.25, 0.3) is 5.97 Å². The Morgan fingerprint density at radius 2 is 1.43 bits per heavy atom. The SMILES string of the molecule is CC(=O)O.O.O.[Ti]. The summed E-state index contributed by atoms with van der Waals surface area (Å²) in [6.07, 6.45) is 0. The Hall–Kier alpha value is 0.104. The predicted molar refractivity (Wildman–Crippen MR) is 20.5 cm³/mol. The molecule has 0 aliphatic carbocycles. The fourth-order valence-corrected chi connectivity index (χ4v) is 0. The van der Waals surface area contributed by atoms with Gasteiger partial charge in [-0.1, -0.05) is 0 Å². The van der Waals surface area contributed by atoms with E-state index in [-0.39, 0.29) is 32.7 Å². The molecule has 0 aromatic heterocycles. The van der Waals surface area contributed by atoms with Crippen molar-refractivity contribution in [2.75, 3.05) is 0 Å². The van der Waals surface area contributed by atoms with Crippen LogP contribution < -0.4 is 0 Å². The molecule has 0 bridgehead atoms. The molecule has 0 aromatic carbocycles. The molecule has 0 rings (SSSR count). The number of aliphatic carboxylic acids is 1. The minimum atomic E-state index is -0.833. The molecule has 5 N–H and O–H groups in total. The van der Waals surface area contributed by atoms with Crippen molar-refractivity contribution in [3.63, 3.8) is 0 Å². The fraction of sp³-hybridized carbons (Fsp3) is 0.500. The van der Waals surface area contributed by atoms with Crippen LogP contribution in [0.25, 0.3) is 0 Å². The molecule has 0 saturated heterocycles. The number of carboxylic acids is 1. The third-order valence-corrected chi connectivity index (χ3v) is 0. The third kappa shape index (κ3) is 9450. The summed E-state index contributed by atoms with van der Waals surface area (Å²) in [4.78, 5) is 9.00. The summed E-state index contributed by atoms with van der Waals surface area (Å²) in [5.41, 5.74) is 0. The molecule has 0 spiro atoms. The van der Waals surface area contributed by atoms with Crippen LogP contribution in [0.15, 0.2) is 0 Å². The first-order chi connectivity index (χ1) is 1.73. The van der Waals surface area contributed by atoms with Gasteiger partial charge in [-0.05, 0) is 0 Å². The molecular formula is C2H8O4Ti. The summed E-state index contributed by atoms with van der Waals surface area (Å²) in [7, 11) is 0. The molecule has 0 fully saturated rings. The Bertz CT molecular complexity index is 32.7. The first-order valence-electron chi connectivity index (χ1n) is 0.928. The van der Waals surface area contributed by atoms with E-state index in [0.29, 0.717) is 0 Å². The predicted octanol–water partition coefficient (Wildman–Crippen LogP) is -1.56. The van der Waals surface area contributed by atoms with Gasteiger partial charge >= 0.3 is 0 Å². The molecule has 0 saturated carbocycles. The van der Waals surface area contributed by atoms with Gasteiger partial charge in [0.05, 0.1) is 0 Å². The van der Waals surface area contributed by atoms with Crippen molar-refractivity contribution in [2.45, 2.75) is 6.92 Å². The van der Waals surface area contributed by atoms with Gasteiger partial charge < -0.3 is 16.1 Å². The Morgan fingerprint density at radius 3 is 1.43 bits per heavy atom. The normalized spacial score (nSPS) is 3.57. The maximum absolute atomic E-state index is 9.00. The monoisotopic (exact) mass is 144 g/mol. The van der Waals surface area contributed by atoms with Crippen molar-refractivity contribution in [1.29, 1.82) is 0 Å². The second-order valence-electron chi connectivity index (χ2n) is 0.519. The zero-order valence-corrected chi connectivity index (χ0v) is 5.42. The Labute approximate surface area is 56.0 Å². The second kappa shape index (κ2) is 16.5. The van der Waals surface area contributed by atoms with Gasteiger partial charge in [0, 0.05) is 28.6 Å². The van der Waals surface area contributed by atoms with Gasteiger partial charge in [-0.15, -0.1) is 0 Å². The molecule has 0 amide bonds. The van der Waals surface area contributed by atoms with Crippen LogP contribution in [0.3, 0.4) is 0 Å². The smallest absolute Gasteiger partial charge is 0.300 e. The van der Waals surface area contributed by atoms with Gasteiger partial charge in [0.1, 0.15) is 0 Å². The van der Waals surface area contributed by atoms with E-state index in [4.69, 9.17) is 9.90 Å². The van der Waals surface area contributed by atoms with Crippen molar-refractivity contribution in [1.82, 2.24) is 0 Å². The van der Waals surface area contributed by atoms with Crippen LogP contribution in [0, 0.1) is 0 Å². The molecule has 0 aliphatic rings. The van der Waals surface area contributed by atoms with Gasteiger partial charge in [0.2, 0.25) is 0 Å². The van der Waals surface area contributed by atoms with E-state index in [1.807, 2.05) is 0 Å². The van der Waals surface area contributed by atoms with Crippen LogP contribution in [0.2, 0.25) is 0 Å². The van der Waals surface area contributed by atoms with E-state index in [2.05, 4.69) is 0 Å². The zero-order chi connectivity index (χ0) is 3.58. The molecule has 7 heavy (non-hydrogen) atoms. The third-order valence-electron chi connectivity index (χ3n) is 0. The molecule has 0 aliphatic heterocycles. The Kier molecular flexibility index (Phi) is 64.8. The Morgan fingerprint density at radius 1 is 1.43 bits per heavy atom. The van der Waals surface area contributed by atoms with E-state index in [1.54, 1.807) is 0 Å². The van der Waals surface area contributed by atoms with Crippen LogP contribution in [0.5, 0.6) is 0 Å². The fourth-order valence-electron chi connectivity index (χ4n) is 0. The molecule has 4 nitrogen and oxygen atoms in total. The van der Waals surface area contributed by atoms with Gasteiger partial charge in [-0.25, -0.2) is 0 Å². The van der Waals surface area contributed by atoms with Crippen molar-refractivity contribution in [3.8, 4) is 0 Å².